The summed E-state index contributed by atoms with van der Waals surface area (Å²) in [6.45, 7) is 4.89. The van der Waals surface area contributed by atoms with Gasteiger partial charge >= 0.3 is 11.9 Å². The maximum atomic E-state index is 13.8. The van der Waals surface area contributed by atoms with Crippen LogP contribution in [0.25, 0.3) is 0 Å². The summed E-state index contributed by atoms with van der Waals surface area (Å²) in [6.07, 6.45) is 2.20. The Hall–Kier alpha value is -3.98. The molecule has 194 valence electrons. The maximum absolute atomic E-state index is 13.8. The van der Waals surface area contributed by atoms with Gasteiger partial charge in [0.25, 0.3) is 5.69 Å². The van der Waals surface area contributed by atoms with Crippen LogP contribution in [0.5, 0.6) is 0 Å². The Morgan fingerprint density at radius 1 is 1.03 bits per heavy atom. The molecule has 0 saturated carbocycles. The largest absolute Gasteiger partial charge is 0.466 e. The van der Waals surface area contributed by atoms with Crippen LogP contribution in [0.3, 0.4) is 0 Å². The molecule has 2 aliphatic rings. The molecule has 0 radical (unpaired) electrons. The average Bonchev–Trinajstić information content (AvgIpc) is 2.89. The molecule has 0 spiro atoms. The van der Waals surface area contributed by atoms with Crippen LogP contribution >= 0.6 is 0 Å². The molecule has 4 rings (SSSR count). The van der Waals surface area contributed by atoms with Gasteiger partial charge in [-0.2, -0.15) is 0 Å². The number of likely N-dealkylation sites (tertiary alicyclic amines) is 1. The zero-order valence-corrected chi connectivity index (χ0v) is 21.2. The lowest BCUT2D eigenvalue weighted by atomic mass is 9.80. The summed E-state index contributed by atoms with van der Waals surface area (Å²) < 4.78 is 11.1. The molecule has 9 heteroatoms. The molecule has 2 aromatic carbocycles. The van der Waals surface area contributed by atoms with E-state index < -0.39 is 29.0 Å². The number of carbonyl (C=O) groups excluding carboxylic acids is 2. The van der Waals surface area contributed by atoms with Crippen LogP contribution in [-0.2, 0) is 25.6 Å². The van der Waals surface area contributed by atoms with E-state index in [4.69, 9.17) is 9.47 Å². The second-order valence-electron chi connectivity index (χ2n) is 9.29. The van der Waals surface area contributed by atoms with Crippen molar-refractivity contribution < 1.29 is 24.0 Å². The van der Waals surface area contributed by atoms with E-state index in [-0.39, 0.29) is 16.8 Å². The fourth-order valence-electron chi connectivity index (χ4n) is 5.08. The molecule has 0 aliphatic carbocycles. The predicted octanol–water partition coefficient (Wildman–Crippen LogP) is 4.56. The molecule has 9 nitrogen and oxygen atoms in total. The first-order chi connectivity index (χ1) is 17.8. The van der Waals surface area contributed by atoms with Crippen molar-refractivity contribution in [3.8, 4) is 0 Å². The van der Waals surface area contributed by atoms with Crippen molar-refractivity contribution in [3.05, 3.63) is 98.4 Å². The number of nitro benzene ring substituents is 1. The Morgan fingerprint density at radius 3 is 2.41 bits per heavy atom. The monoisotopic (exact) mass is 505 g/mol. The number of nitro groups is 1. The van der Waals surface area contributed by atoms with Crippen LogP contribution < -0.4 is 5.32 Å². The third-order valence-electron chi connectivity index (χ3n) is 6.83. The summed E-state index contributed by atoms with van der Waals surface area (Å²) in [4.78, 5) is 39.8. The summed E-state index contributed by atoms with van der Waals surface area (Å²) in [5.41, 5.74) is 2.91. The van der Waals surface area contributed by atoms with Crippen molar-refractivity contribution in [2.24, 2.45) is 0 Å². The highest BCUT2D eigenvalue weighted by Gasteiger charge is 2.39. The number of allylic oxidation sites excluding steroid dienone is 2. The lowest BCUT2D eigenvalue weighted by molar-refractivity contribution is -0.384. The number of dihydropyridines is 1. The van der Waals surface area contributed by atoms with E-state index in [1.807, 2.05) is 30.3 Å². The standard InChI is InChI=1S/C28H31N3O6/c1-18-24(27(32)36-3)26(21-12-9-13-22(16-21)31(34)35)25(19(2)29-18)28(33)37-23-14-7-8-15-30(23)17-20-10-5-4-6-11-20/h4-6,9-13,16,23,26,29H,7-8,14-15,17H2,1-3H3. The molecule has 0 bridgehead atoms. The van der Waals surface area contributed by atoms with Crippen LogP contribution in [-0.4, -0.2) is 41.6 Å². The van der Waals surface area contributed by atoms with Gasteiger partial charge in [-0.15, -0.1) is 0 Å². The normalized spacial score (nSPS) is 20.3. The first-order valence-electron chi connectivity index (χ1n) is 12.3. The number of methoxy groups -OCH3 is 1. The number of ether oxygens (including phenoxy) is 2. The van der Waals surface area contributed by atoms with E-state index in [0.717, 1.165) is 24.9 Å². The van der Waals surface area contributed by atoms with Gasteiger partial charge in [-0.1, -0.05) is 42.5 Å². The van der Waals surface area contributed by atoms with Gasteiger partial charge in [-0.25, -0.2) is 9.59 Å². The van der Waals surface area contributed by atoms with Gasteiger partial charge in [0.1, 0.15) is 0 Å². The van der Waals surface area contributed by atoms with Crippen molar-refractivity contribution in [2.45, 2.75) is 51.8 Å². The Labute approximate surface area is 215 Å². The Bertz CT molecular complexity index is 1250. The molecule has 1 N–H and O–H groups in total. The van der Waals surface area contributed by atoms with E-state index in [1.165, 1.54) is 19.2 Å². The molecule has 2 atom stereocenters. The van der Waals surface area contributed by atoms with Gasteiger partial charge in [0.2, 0.25) is 0 Å². The first kappa shape index (κ1) is 26.1. The average molecular weight is 506 g/mol. The summed E-state index contributed by atoms with van der Waals surface area (Å²) in [6, 6.07) is 16.0. The van der Waals surface area contributed by atoms with Crippen molar-refractivity contribution >= 4 is 17.6 Å². The number of rotatable bonds is 7. The van der Waals surface area contributed by atoms with E-state index >= 15 is 0 Å². The Balaban J connectivity index is 1.68. The van der Waals surface area contributed by atoms with E-state index in [9.17, 15) is 19.7 Å². The van der Waals surface area contributed by atoms with E-state index in [1.54, 1.807) is 26.0 Å². The van der Waals surface area contributed by atoms with Gasteiger partial charge in [0.05, 0.1) is 29.1 Å². The number of benzene rings is 2. The third-order valence-corrected chi connectivity index (χ3v) is 6.83. The molecule has 0 amide bonds. The molecule has 2 unspecified atom stereocenters. The van der Waals surface area contributed by atoms with Crippen LogP contribution in [0.4, 0.5) is 5.69 Å². The van der Waals surface area contributed by atoms with Crippen molar-refractivity contribution in [2.75, 3.05) is 13.7 Å². The molecule has 2 aliphatic heterocycles. The fraction of sp³-hybridized carbons (Fsp3) is 0.357. The van der Waals surface area contributed by atoms with Crippen molar-refractivity contribution in [1.82, 2.24) is 10.2 Å². The van der Waals surface area contributed by atoms with Crippen LogP contribution in [0.1, 0.15) is 50.2 Å². The number of piperidine rings is 1. The zero-order valence-electron chi connectivity index (χ0n) is 21.2. The second kappa shape index (κ2) is 11.4. The molecule has 1 saturated heterocycles. The Morgan fingerprint density at radius 2 is 1.73 bits per heavy atom. The molecular weight excluding hydrogens is 474 g/mol. The third kappa shape index (κ3) is 5.72. The van der Waals surface area contributed by atoms with E-state index in [0.29, 0.717) is 29.9 Å². The number of carbonyl (C=O) groups is 2. The second-order valence-corrected chi connectivity index (χ2v) is 9.29. The summed E-state index contributed by atoms with van der Waals surface area (Å²) >= 11 is 0. The van der Waals surface area contributed by atoms with E-state index in [2.05, 4.69) is 10.2 Å². The topological polar surface area (TPSA) is 111 Å². The first-order valence-corrected chi connectivity index (χ1v) is 12.3. The SMILES string of the molecule is COC(=O)C1=C(C)NC(C)=C(C(=O)OC2CCCCN2Cc2ccccc2)C1c1cccc([N+](=O)[O-])c1. The summed E-state index contributed by atoms with van der Waals surface area (Å²) in [5.74, 6) is -2.07. The van der Waals surface area contributed by atoms with Gasteiger partial charge in [0.15, 0.2) is 6.23 Å². The van der Waals surface area contributed by atoms with Crippen molar-refractivity contribution in [1.29, 1.82) is 0 Å². The lowest BCUT2D eigenvalue weighted by Crippen LogP contribution is -2.43. The molecule has 0 aromatic heterocycles. The molecule has 2 aromatic rings. The van der Waals surface area contributed by atoms with Gasteiger partial charge < -0.3 is 14.8 Å². The van der Waals surface area contributed by atoms with Crippen LogP contribution in [0.15, 0.2) is 77.1 Å². The minimum atomic E-state index is -0.882. The maximum Gasteiger partial charge on any atom is 0.338 e. The molecular formula is C28H31N3O6. The number of non-ortho nitro benzene ring substituents is 1. The smallest absolute Gasteiger partial charge is 0.338 e. The number of hydrogen-bond acceptors (Lipinski definition) is 8. The number of esters is 2. The minimum absolute atomic E-state index is 0.135. The molecule has 1 fully saturated rings. The number of nitrogens with zero attached hydrogens (tertiary/aromatic N) is 2. The highest BCUT2D eigenvalue weighted by molar-refractivity contribution is 6.00. The highest BCUT2D eigenvalue weighted by Crippen LogP contribution is 2.40. The molecule has 37 heavy (non-hydrogen) atoms. The Kier molecular flexibility index (Phi) is 8.03. The van der Waals surface area contributed by atoms with Crippen LogP contribution in [0, 0.1) is 10.1 Å². The quantitative estimate of drug-likeness (QED) is 0.331. The van der Waals surface area contributed by atoms with Gasteiger partial charge in [-0.05, 0) is 44.2 Å². The van der Waals surface area contributed by atoms with Gasteiger partial charge in [0, 0.05) is 36.6 Å². The lowest BCUT2D eigenvalue weighted by Gasteiger charge is -2.36. The molecule has 2 heterocycles. The summed E-state index contributed by atoms with van der Waals surface area (Å²) in [5, 5.41) is 14.6. The number of hydrogen-bond donors (Lipinski definition) is 1. The zero-order chi connectivity index (χ0) is 26.5. The predicted molar refractivity (Wildman–Crippen MR) is 137 cm³/mol. The minimum Gasteiger partial charge on any atom is -0.466 e. The van der Waals surface area contributed by atoms with Crippen LogP contribution in [0.2, 0.25) is 0 Å². The van der Waals surface area contributed by atoms with Crippen molar-refractivity contribution in [3.63, 3.8) is 0 Å². The fourth-order valence-corrected chi connectivity index (χ4v) is 5.08. The number of nitrogens with one attached hydrogen (secondary N) is 1. The summed E-state index contributed by atoms with van der Waals surface area (Å²) in [7, 11) is 1.26. The highest BCUT2D eigenvalue weighted by atomic mass is 16.6. The van der Waals surface area contributed by atoms with Gasteiger partial charge in [-0.3, -0.25) is 15.0 Å².